The van der Waals surface area contributed by atoms with Gasteiger partial charge in [-0.2, -0.15) is 0 Å². The van der Waals surface area contributed by atoms with Crippen molar-refractivity contribution in [1.29, 1.82) is 0 Å². The van der Waals surface area contributed by atoms with E-state index in [4.69, 9.17) is 9.47 Å². The Morgan fingerprint density at radius 2 is 1.62 bits per heavy atom. The van der Waals surface area contributed by atoms with Crippen LogP contribution < -0.4 is 0 Å². The summed E-state index contributed by atoms with van der Waals surface area (Å²) in [6.07, 6.45) is 2.04. The molecule has 0 unspecified atom stereocenters. The highest BCUT2D eigenvalue weighted by Gasteiger charge is 2.38. The fraction of sp³-hybridized carbons (Fsp3) is 1.00. The standard InChI is InChI=1S/C11H22O2/c1-9(2)8-11(10(3)4)12-6-5-7-13-11/h9-10H,5-8H2,1-4H3. The van der Waals surface area contributed by atoms with Gasteiger partial charge >= 0.3 is 0 Å². The van der Waals surface area contributed by atoms with Crippen molar-refractivity contribution in [3.63, 3.8) is 0 Å². The lowest BCUT2D eigenvalue weighted by molar-refractivity contribution is -0.295. The Labute approximate surface area is 81.6 Å². The Hall–Kier alpha value is -0.0800. The van der Waals surface area contributed by atoms with Crippen LogP contribution in [0.15, 0.2) is 0 Å². The van der Waals surface area contributed by atoms with Crippen LogP contribution in [0.5, 0.6) is 0 Å². The number of hydrogen-bond donors (Lipinski definition) is 0. The van der Waals surface area contributed by atoms with E-state index in [-0.39, 0.29) is 5.79 Å². The molecule has 13 heavy (non-hydrogen) atoms. The van der Waals surface area contributed by atoms with Crippen LogP contribution in [-0.4, -0.2) is 19.0 Å². The molecule has 0 aromatic rings. The molecule has 1 heterocycles. The van der Waals surface area contributed by atoms with Crippen molar-refractivity contribution in [1.82, 2.24) is 0 Å². The van der Waals surface area contributed by atoms with E-state index in [0.29, 0.717) is 11.8 Å². The summed E-state index contributed by atoms with van der Waals surface area (Å²) in [6, 6.07) is 0. The first-order valence-corrected chi connectivity index (χ1v) is 5.35. The molecule has 2 heteroatoms. The van der Waals surface area contributed by atoms with Crippen LogP contribution in [-0.2, 0) is 9.47 Å². The van der Waals surface area contributed by atoms with Gasteiger partial charge in [0.15, 0.2) is 5.79 Å². The summed E-state index contributed by atoms with van der Waals surface area (Å²) in [7, 11) is 0. The predicted molar refractivity (Wildman–Crippen MR) is 53.5 cm³/mol. The Bertz CT molecular complexity index is 146. The molecule has 0 bridgehead atoms. The second-order valence-electron chi connectivity index (χ2n) is 4.61. The van der Waals surface area contributed by atoms with Crippen molar-refractivity contribution in [3.8, 4) is 0 Å². The zero-order valence-electron chi connectivity index (χ0n) is 9.30. The smallest absolute Gasteiger partial charge is 0.170 e. The molecule has 0 aromatic heterocycles. The summed E-state index contributed by atoms with van der Waals surface area (Å²) >= 11 is 0. The zero-order valence-corrected chi connectivity index (χ0v) is 9.30. The van der Waals surface area contributed by atoms with E-state index in [0.717, 1.165) is 26.1 Å². The minimum absolute atomic E-state index is 0.299. The molecule has 1 rings (SSSR count). The maximum Gasteiger partial charge on any atom is 0.170 e. The first-order chi connectivity index (χ1) is 6.07. The van der Waals surface area contributed by atoms with Gasteiger partial charge in [-0.1, -0.05) is 27.7 Å². The van der Waals surface area contributed by atoms with E-state index in [1.165, 1.54) is 0 Å². The van der Waals surface area contributed by atoms with Gasteiger partial charge in [-0.3, -0.25) is 0 Å². The van der Waals surface area contributed by atoms with Gasteiger partial charge in [0, 0.05) is 12.3 Å². The summed E-state index contributed by atoms with van der Waals surface area (Å²) in [5.74, 6) is 0.766. The quantitative estimate of drug-likeness (QED) is 0.674. The molecule has 0 radical (unpaired) electrons. The van der Waals surface area contributed by atoms with Crippen LogP contribution in [0.3, 0.4) is 0 Å². The van der Waals surface area contributed by atoms with Crippen molar-refractivity contribution in [2.45, 2.75) is 46.3 Å². The second-order valence-corrected chi connectivity index (χ2v) is 4.61. The number of rotatable bonds is 3. The fourth-order valence-corrected chi connectivity index (χ4v) is 1.85. The monoisotopic (exact) mass is 186 g/mol. The van der Waals surface area contributed by atoms with Crippen LogP contribution in [0.2, 0.25) is 0 Å². The van der Waals surface area contributed by atoms with E-state index >= 15 is 0 Å². The highest BCUT2D eigenvalue weighted by molar-refractivity contribution is 4.77. The van der Waals surface area contributed by atoms with E-state index < -0.39 is 0 Å². The Morgan fingerprint density at radius 1 is 1.08 bits per heavy atom. The van der Waals surface area contributed by atoms with E-state index in [1.54, 1.807) is 0 Å². The van der Waals surface area contributed by atoms with Crippen LogP contribution in [0.1, 0.15) is 40.5 Å². The van der Waals surface area contributed by atoms with Crippen molar-refractivity contribution < 1.29 is 9.47 Å². The highest BCUT2D eigenvalue weighted by Crippen LogP contribution is 2.33. The van der Waals surface area contributed by atoms with E-state index in [1.807, 2.05) is 0 Å². The van der Waals surface area contributed by atoms with Gasteiger partial charge < -0.3 is 9.47 Å². The molecule has 2 nitrogen and oxygen atoms in total. The minimum Gasteiger partial charge on any atom is -0.350 e. The maximum absolute atomic E-state index is 5.82. The summed E-state index contributed by atoms with van der Waals surface area (Å²) in [5.41, 5.74) is 0. The molecule has 78 valence electrons. The third-order valence-corrected chi connectivity index (χ3v) is 2.55. The molecule has 1 saturated heterocycles. The van der Waals surface area contributed by atoms with Crippen LogP contribution >= 0.6 is 0 Å². The van der Waals surface area contributed by atoms with Crippen LogP contribution in [0, 0.1) is 11.8 Å². The van der Waals surface area contributed by atoms with Crippen LogP contribution in [0.4, 0.5) is 0 Å². The van der Waals surface area contributed by atoms with Crippen molar-refractivity contribution >= 4 is 0 Å². The molecule has 0 aromatic carbocycles. The summed E-state index contributed by atoms with van der Waals surface area (Å²) in [6.45, 7) is 10.5. The van der Waals surface area contributed by atoms with Gasteiger partial charge in [0.25, 0.3) is 0 Å². The summed E-state index contributed by atoms with van der Waals surface area (Å²) < 4.78 is 11.6. The van der Waals surface area contributed by atoms with Gasteiger partial charge in [-0.05, 0) is 12.3 Å². The SMILES string of the molecule is CC(C)CC1(C(C)C)OCCCO1. The number of hydrogen-bond acceptors (Lipinski definition) is 2. The molecule has 0 amide bonds. The Kier molecular flexibility index (Phi) is 3.74. The lowest BCUT2D eigenvalue weighted by Gasteiger charge is -2.41. The first kappa shape index (κ1) is 11.0. The Balaban J connectivity index is 2.61. The van der Waals surface area contributed by atoms with E-state index in [2.05, 4.69) is 27.7 Å². The van der Waals surface area contributed by atoms with Crippen LogP contribution in [0.25, 0.3) is 0 Å². The van der Waals surface area contributed by atoms with Gasteiger partial charge in [-0.15, -0.1) is 0 Å². The Morgan fingerprint density at radius 3 is 2.00 bits per heavy atom. The van der Waals surface area contributed by atoms with Gasteiger partial charge in [0.1, 0.15) is 0 Å². The normalized spacial score (nSPS) is 22.6. The molecule has 0 atom stereocenters. The van der Waals surface area contributed by atoms with Gasteiger partial charge in [0.05, 0.1) is 13.2 Å². The predicted octanol–water partition coefficient (Wildman–Crippen LogP) is 2.82. The van der Waals surface area contributed by atoms with Gasteiger partial charge in [-0.25, -0.2) is 0 Å². The van der Waals surface area contributed by atoms with Crippen molar-refractivity contribution in [2.75, 3.05) is 13.2 Å². The highest BCUT2D eigenvalue weighted by atomic mass is 16.7. The molecular weight excluding hydrogens is 164 g/mol. The summed E-state index contributed by atoms with van der Waals surface area (Å²) in [5, 5.41) is 0. The van der Waals surface area contributed by atoms with Crippen molar-refractivity contribution in [3.05, 3.63) is 0 Å². The lowest BCUT2D eigenvalue weighted by Crippen LogP contribution is -2.46. The molecule has 1 aliphatic heterocycles. The molecule has 0 spiro atoms. The molecule has 0 N–H and O–H groups in total. The van der Waals surface area contributed by atoms with Crippen molar-refractivity contribution in [2.24, 2.45) is 11.8 Å². The lowest BCUT2D eigenvalue weighted by atomic mass is 9.92. The largest absolute Gasteiger partial charge is 0.350 e. The topological polar surface area (TPSA) is 18.5 Å². The average molecular weight is 186 g/mol. The average Bonchev–Trinajstić information content (AvgIpc) is 2.04. The van der Waals surface area contributed by atoms with E-state index in [9.17, 15) is 0 Å². The summed E-state index contributed by atoms with van der Waals surface area (Å²) in [4.78, 5) is 0. The zero-order chi connectivity index (χ0) is 9.90. The first-order valence-electron chi connectivity index (χ1n) is 5.35. The molecule has 1 aliphatic rings. The third kappa shape index (κ3) is 2.68. The molecule has 1 fully saturated rings. The second kappa shape index (κ2) is 4.43. The minimum atomic E-state index is -0.299. The maximum atomic E-state index is 5.82. The molecule has 0 aliphatic carbocycles. The molecular formula is C11H22O2. The van der Waals surface area contributed by atoms with Gasteiger partial charge in [0.2, 0.25) is 0 Å². The number of ether oxygens (including phenoxy) is 2. The third-order valence-electron chi connectivity index (χ3n) is 2.55. The molecule has 0 saturated carbocycles. The fourth-order valence-electron chi connectivity index (χ4n) is 1.85.